The Kier molecular flexibility index (Phi) is 10.1. The molecule has 6 heteroatoms. The molecule has 0 saturated heterocycles. The number of carboxylic acid groups (broad SMARTS) is 1. The summed E-state index contributed by atoms with van der Waals surface area (Å²) >= 11 is 0. The van der Waals surface area contributed by atoms with E-state index in [9.17, 15) is 14.4 Å². The maximum absolute atomic E-state index is 11.8. The quantitative estimate of drug-likeness (QED) is 0.719. The Morgan fingerprint density at radius 2 is 1.86 bits per heavy atom. The molecule has 0 spiro atoms. The van der Waals surface area contributed by atoms with E-state index >= 15 is 0 Å². The number of benzene rings is 1. The number of ether oxygens (including phenoxy) is 1. The molecular weight excluding hydrogens is 286 g/mol. The monoisotopic (exact) mass is 309 g/mol. The summed E-state index contributed by atoms with van der Waals surface area (Å²) in [5.74, 6) is -1.38. The maximum atomic E-state index is 11.8. The lowest BCUT2D eigenvalue weighted by atomic mass is 9.93. The fraction of sp³-hybridized carbons (Fsp3) is 0.438. The number of hydrogen-bond donors (Lipinski definition) is 2. The van der Waals surface area contributed by atoms with Crippen molar-refractivity contribution in [1.82, 2.24) is 5.32 Å². The van der Waals surface area contributed by atoms with Gasteiger partial charge in [-0.15, -0.1) is 0 Å². The largest absolute Gasteiger partial charge is 0.482 e. The lowest BCUT2D eigenvalue weighted by Gasteiger charge is -2.15. The summed E-state index contributed by atoms with van der Waals surface area (Å²) in [5, 5.41) is 10.7. The average molecular weight is 309 g/mol. The molecule has 0 fully saturated rings. The van der Waals surface area contributed by atoms with E-state index in [0.717, 1.165) is 12.0 Å². The molecule has 0 aromatic heterocycles. The minimum Gasteiger partial charge on any atom is -0.482 e. The number of carbonyl (C=O) groups excluding carboxylic acids is 2. The van der Waals surface area contributed by atoms with Crippen LogP contribution in [0.25, 0.3) is 0 Å². The van der Waals surface area contributed by atoms with Gasteiger partial charge in [0.25, 0.3) is 0 Å². The van der Waals surface area contributed by atoms with Crippen molar-refractivity contribution in [2.24, 2.45) is 0 Å². The van der Waals surface area contributed by atoms with Crippen LogP contribution in [0.3, 0.4) is 0 Å². The van der Waals surface area contributed by atoms with Gasteiger partial charge in [-0.1, -0.05) is 39.3 Å². The predicted molar refractivity (Wildman–Crippen MR) is 82.8 cm³/mol. The Morgan fingerprint density at radius 1 is 1.27 bits per heavy atom. The highest BCUT2D eigenvalue weighted by molar-refractivity contribution is 5.91. The number of amides is 2. The summed E-state index contributed by atoms with van der Waals surface area (Å²) in [6.45, 7) is 5.54. The third-order valence-corrected chi connectivity index (χ3v) is 2.74. The SMILES string of the molecule is CC.CCCC(C(=O)NC=O)c1ccc(OCC(=O)O)cc1. The second-order valence-electron chi connectivity index (χ2n) is 4.22. The fourth-order valence-corrected chi connectivity index (χ4v) is 1.84. The molecular formula is C16H23NO5. The van der Waals surface area contributed by atoms with Crippen LogP contribution in [0.5, 0.6) is 5.75 Å². The van der Waals surface area contributed by atoms with Gasteiger partial charge in [0.2, 0.25) is 12.3 Å². The zero-order valence-corrected chi connectivity index (χ0v) is 13.2. The van der Waals surface area contributed by atoms with Crippen LogP contribution in [0, 0.1) is 0 Å². The molecule has 1 rings (SSSR count). The third-order valence-electron chi connectivity index (χ3n) is 2.74. The van der Waals surface area contributed by atoms with Gasteiger partial charge in [0.15, 0.2) is 6.61 Å². The molecule has 0 aliphatic heterocycles. The van der Waals surface area contributed by atoms with Gasteiger partial charge in [0.1, 0.15) is 5.75 Å². The highest BCUT2D eigenvalue weighted by Crippen LogP contribution is 2.24. The topological polar surface area (TPSA) is 92.7 Å². The zero-order valence-electron chi connectivity index (χ0n) is 13.2. The van der Waals surface area contributed by atoms with Gasteiger partial charge in [0.05, 0.1) is 5.92 Å². The first-order valence-corrected chi connectivity index (χ1v) is 7.27. The van der Waals surface area contributed by atoms with Gasteiger partial charge in [-0.2, -0.15) is 0 Å². The highest BCUT2D eigenvalue weighted by atomic mass is 16.5. The smallest absolute Gasteiger partial charge is 0.341 e. The molecule has 122 valence electrons. The molecule has 0 bridgehead atoms. The van der Waals surface area contributed by atoms with Crippen molar-refractivity contribution in [3.63, 3.8) is 0 Å². The van der Waals surface area contributed by atoms with Gasteiger partial charge in [-0.05, 0) is 24.1 Å². The van der Waals surface area contributed by atoms with Crippen molar-refractivity contribution >= 4 is 18.3 Å². The Labute approximate surface area is 130 Å². The van der Waals surface area contributed by atoms with Gasteiger partial charge in [-0.25, -0.2) is 4.79 Å². The van der Waals surface area contributed by atoms with Crippen LogP contribution in [0.1, 0.15) is 45.1 Å². The molecule has 1 atom stereocenters. The molecule has 0 aliphatic rings. The summed E-state index contributed by atoms with van der Waals surface area (Å²) in [5.41, 5.74) is 0.758. The van der Waals surface area contributed by atoms with Gasteiger partial charge in [-0.3, -0.25) is 14.9 Å². The summed E-state index contributed by atoms with van der Waals surface area (Å²) in [6.07, 6.45) is 1.79. The Hall–Kier alpha value is -2.37. The van der Waals surface area contributed by atoms with Crippen molar-refractivity contribution in [2.45, 2.75) is 39.5 Å². The van der Waals surface area contributed by atoms with E-state index in [1.54, 1.807) is 24.3 Å². The van der Waals surface area contributed by atoms with Crippen LogP contribution in [0.2, 0.25) is 0 Å². The second kappa shape index (κ2) is 11.3. The molecule has 1 aromatic carbocycles. The first kappa shape index (κ1) is 19.6. The number of carbonyl (C=O) groups is 3. The van der Waals surface area contributed by atoms with E-state index in [4.69, 9.17) is 9.84 Å². The maximum Gasteiger partial charge on any atom is 0.341 e. The number of aliphatic carboxylic acids is 1. The Morgan fingerprint density at radius 3 is 2.32 bits per heavy atom. The zero-order chi connectivity index (χ0) is 17.0. The van der Waals surface area contributed by atoms with E-state index in [-0.39, 0.29) is 5.91 Å². The minimum atomic E-state index is -1.05. The average Bonchev–Trinajstić information content (AvgIpc) is 2.53. The molecule has 1 unspecified atom stereocenters. The Bertz CT molecular complexity index is 470. The fourth-order valence-electron chi connectivity index (χ4n) is 1.84. The molecule has 6 nitrogen and oxygen atoms in total. The summed E-state index contributed by atoms with van der Waals surface area (Å²) in [4.78, 5) is 32.5. The molecule has 0 heterocycles. The molecule has 0 saturated carbocycles. The Balaban J connectivity index is 0.00000211. The van der Waals surface area contributed by atoms with Gasteiger partial charge < -0.3 is 9.84 Å². The molecule has 1 aromatic rings. The summed E-state index contributed by atoms with van der Waals surface area (Å²) in [7, 11) is 0. The van der Waals surface area contributed by atoms with E-state index in [0.29, 0.717) is 18.6 Å². The number of carboxylic acids is 1. The van der Waals surface area contributed by atoms with E-state index < -0.39 is 18.5 Å². The van der Waals surface area contributed by atoms with Crippen molar-refractivity contribution in [3.8, 4) is 5.75 Å². The number of hydrogen-bond acceptors (Lipinski definition) is 4. The van der Waals surface area contributed by atoms with E-state index in [2.05, 4.69) is 5.32 Å². The lowest BCUT2D eigenvalue weighted by Crippen LogP contribution is -2.28. The van der Waals surface area contributed by atoms with Gasteiger partial charge in [0, 0.05) is 0 Å². The normalized spacial score (nSPS) is 10.7. The van der Waals surface area contributed by atoms with Crippen LogP contribution in [-0.2, 0) is 14.4 Å². The molecule has 0 aliphatic carbocycles. The van der Waals surface area contributed by atoms with E-state index in [1.807, 2.05) is 20.8 Å². The first-order valence-electron chi connectivity index (χ1n) is 7.27. The number of nitrogens with one attached hydrogen (secondary N) is 1. The van der Waals surface area contributed by atoms with Crippen molar-refractivity contribution in [3.05, 3.63) is 29.8 Å². The molecule has 22 heavy (non-hydrogen) atoms. The summed E-state index contributed by atoms with van der Waals surface area (Å²) < 4.78 is 5.01. The number of imide groups is 1. The number of rotatable bonds is 8. The third kappa shape index (κ3) is 6.88. The lowest BCUT2D eigenvalue weighted by molar-refractivity contribution is -0.139. The van der Waals surface area contributed by atoms with Crippen LogP contribution in [0.4, 0.5) is 0 Å². The first-order chi connectivity index (χ1) is 10.6. The van der Waals surface area contributed by atoms with Crippen LogP contribution < -0.4 is 10.1 Å². The van der Waals surface area contributed by atoms with Crippen LogP contribution in [0.15, 0.2) is 24.3 Å². The summed E-state index contributed by atoms with van der Waals surface area (Å²) in [6, 6.07) is 6.61. The highest BCUT2D eigenvalue weighted by Gasteiger charge is 2.19. The molecule has 0 radical (unpaired) electrons. The predicted octanol–water partition coefficient (Wildman–Crippen LogP) is 2.33. The standard InChI is InChI=1S/C14H17NO5.C2H6/c1-2-3-12(14(19)15-9-16)10-4-6-11(7-5-10)20-8-13(17)18;1-2/h4-7,9,12H,2-3,8H2,1H3,(H,17,18)(H,15,16,19);1-2H3. The second-order valence-corrected chi connectivity index (χ2v) is 4.22. The van der Waals surface area contributed by atoms with Crippen molar-refractivity contribution in [2.75, 3.05) is 6.61 Å². The minimum absolute atomic E-state index is 0.346. The van der Waals surface area contributed by atoms with Crippen LogP contribution >= 0.6 is 0 Å². The van der Waals surface area contributed by atoms with Crippen molar-refractivity contribution in [1.29, 1.82) is 0 Å². The molecule has 2 amide bonds. The van der Waals surface area contributed by atoms with E-state index in [1.165, 1.54) is 0 Å². The van der Waals surface area contributed by atoms with Gasteiger partial charge >= 0.3 is 5.97 Å². The van der Waals surface area contributed by atoms with Crippen molar-refractivity contribution < 1.29 is 24.2 Å². The van der Waals surface area contributed by atoms with Crippen LogP contribution in [-0.4, -0.2) is 30.0 Å². The molecule has 2 N–H and O–H groups in total.